The van der Waals surface area contributed by atoms with Crippen molar-refractivity contribution in [1.29, 1.82) is 0 Å². The monoisotopic (exact) mass is 385 g/mol. The molecular weight excluding hydrogens is 362 g/mol. The summed E-state index contributed by atoms with van der Waals surface area (Å²) in [6, 6.07) is 7.69. The molecule has 27 heavy (non-hydrogen) atoms. The van der Waals surface area contributed by atoms with Crippen molar-refractivity contribution in [3.05, 3.63) is 52.0 Å². The molecule has 2 atom stereocenters. The molecule has 2 saturated heterocycles. The van der Waals surface area contributed by atoms with E-state index in [1.165, 1.54) is 4.88 Å². The average Bonchev–Trinajstić information content (AvgIpc) is 3.36. The number of likely N-dealkylation sites (tertiary alicyclic amines) is 1. The van der Waals surface area contributed by atoms with E-state index in [-0.39, 0.29) is 24.1 Å². The van der Waals surface area contributed by atoms with Crippen molar-refractivity contribution in [2.24, 2.45) is 0 Å². The maximum absolute atomic E-state index is 12.8. The van der Waals surface area contributed by atoms with E-state index in [4.69, 9.17) is 4.74 Å². The number of thiophene rings is 1. The standard InChI is InChI=1S/C20H23N3O3S/c1-2-5-16-10-14(13-27-16)19(24)22-11-17-18(12-22)26-20(25)23(17)9-7-15-6-3-4-8-21-15/h3-4,6,8,10,13,17-18H,2,5,7,9,11-12H2,1H3/t17-,18+/m0/s1. The van der Waals surface area contributed by atoms with Gasteiger partial charge in [0.05, 0.1) is 18.2 Å². The molecule has 0 N–H and O–H groups in total. The minimum atomic E-state index is -0.284. The third-order valence-electron chi connectivity index (χ3n) is 5.14. The number of aryl methyl sites for hydroxylation is 1. The quantitative estimate of drug-likeness (QED) is 0.767. The summed E-state index contributed by atoms with van der Waals surface area (Å²) in [5, 5.41) is 1.94. The van der Waals surface area contributed by atoms with Gasteiger partial charge in [-0.2, -0.15) is 0 Å². The molecule has 0 radical (unpaired) electrons. The van der Waals surface area contributed by atoms with E-state index in [1.807, 2.05) is 34.5 Å². The molecule has 0 aromatic carbocycles. The molecule has 0 spiro atoms. The molecule has 0 unspecified atom stereocenters. The van der Waals surface area contributed by atoms with Crippen LogP contribution in [0, 0.1) is 0 Å². The normalized spacial score (nSPS) is 21.4. The zero-order chi connectivity index (χ0) is 18.8. The summed E-state index contributed by atoms with van der Waals surface area (Å²) in [5.74, 6) is 0.0312. The van der Waals surface area contributed by atoms with Gasteiger partial charge in [0.25, 0.3) is 5.91 Å². The largest absolute Gasteiger partial charge is 0.442 e. The van der Waals surface area contributed by atoms with Crippen LogP contribution in [0.3, 0.4) is 0 Å². The highest BCUT2D eigenvalue weighted by Crippen LogP contribution is 2.29. The Kier molecular flexibility index (Phi) is 5.11. The lowest BCUT2D eigenvalue weighted by molar-refractivity contribution is 0.0728. The number of ether oxygens (including phenoxy) is 1. The number of nitrogens with zero attached hydrogens (tertiary/aromatic N) is 3. The van der Waals surface area contributed by atoms with Crippen molar-refractivity contribution in [3.8, 4) is 0 Å². The molecule has 0 aliphatic carbocycles. The van der Waals surface area contributed by atoms with Gasteiger partial charge in [-0.3, -0.25) is 14.7 Å². The van der Waals surface area contributed by atoms with Gasteiger partial charge in [0.15, 0.2) is 0 Å². The molecule has 2 fully saturated rings. The molecule has 6 nitrogen and oxygen atoms in total. The van der Waals surface area contributed by atoms with Gasteiger partial charge in [0.2, 0.25) is 0 Å². The first kappa shape index (κ1) is 18.0. The molecule has 2 aromatic rings. The van der Waals surface area contributed by atoms with Crippen LogP contribution in [-0.2, 0) is 17.6 Å². The van der Waals surface area contributed by atoms with Crippen molar-refractivity contribution in [3.63, 3.8) is 0 Å². The number of hydrogen-bond acceptors (Lipinski definition) is 5. The fourth-order valence-electron chi connectivity index (χ4n) is 3.76. The number of rotatable bonds is 6. The lowest BCUT2D eigenvalue weighted by atomic mass is 10.2. The Morgan fingerprint density at radius 2 is 2.22 bits per heavy atom. The van der Waals surface area contributed by atoms with Gasteiger partial charge in [-0.15, -0.1) is 11.3 Å². The Balaban J connectivity index is 1.39. The van der Waals surface area contributed by atoms with E-state index >= 15 is 0 Å². The Morgan fingerprint density at radius 1 is 1.33 bits per heavy atom. The highest BCUT2D eigenvalue weighted by Gasteiger charge is 2.48. The Labute approximate surface area is 162 Å². The third-order valence-corrected chi connectivity index (χ3v) is 6.14. The van der Waals surface area contributed by atoms with Crippen LogP contribution in [0.4, 0.5) is 4.79 Å². The summed E-state index contributed by atoms with van der Waals surface area (Å²) in [5.41, 5.74) is 1.69. The fraction of sp³-hybridized carbons (Fsp3) is 0.450. The van der Waals surface area contributed by atoms with Crippen molar-refractivity contribution >= 4 is 23.3 Å². The SMILES string of the molecule is CCCc1cc(C(=O)N2C[C@H]3OC(=O)N(CCc4ccccn4)[C@H]3C2)cs1. The number of fused-ring (bicyclic) bond motifs is 1. The number of carbonyl (C=O) groups excluding carboxylic acids is 2. The second kappa shape index (κ2) is 7.68. The van der Waals surface area contributed by atoms with Crippen molar-refractivity contribution in [2.75, 3.05) is 19.6 Å². The van der Waals surface area contributed by atoms with Crippen molar-refractivity contribution in [2.45, 2.75) is 38.3 Å². The highest BCUT2D eigenvalue weighted by atomic mass is 32.1. The van der Waals surface area contributed by atoms with Crippen LogP contribution in [0.15, 0.2) is 35.8 Å². The summed E-state index contributed by atoms with van der Waals surface area (Å²) in [6.45, 7) is 3.68. The minimum absolute atomic E-state index is 0.0312. The van der Waals surface area contributed by atoms with E-state index in [9.17, 15) is 9.59 Å². The van der Waals surface area contributed by atoms with E-state index in [2.05, 4.69) is 11.9 Å². The Hall–Kier alpha value is -2.41. The lowest BCUT2D eigenvalue weighted by Gasteiger charge is -2.22. The molecule has 2 amide bonds. The van der Waals surface area contributed by atoms with Gasteiger partial charge in [-0.1, -0.05) is 19.4 Å². The molecule has 7 heteroatoms. The van der Waals surface area contributed by atoms with Gasteiger partial charge in [0, 0.05) is 41.7 Å². The highest BCUT2D eigenvalue weighted by molar-refractivity contribution is 7.10. The van der Waals surface area contributed by atoms with E-state index in [1.54, 1.807) is 22.4 Å². The number of hydrogen-bond donors (Lipinski definition) is 0. The van der Waals surface area contributed by atoms with Crippen LogP contribution in [0.5, 0.6) is 0 Å². The summed E-state index contributed by atoms with van der Waals surface area (Å²) in [4.78, 5) is 34.2. The number of carbonyl (C=O) groups is 2. The predicted molar refractivity (Wildman–Crippen MR) is 103 cm³/mol. The van der Waals surface area contributed by atoms with Crippen LogP contribution in [0.1, 0.15) is 34.3 Å². The smallest absolute Gasteiger partial charge is 0.410 e. The molecule has 2 aliphatic rings. The summed E-state index contributed by atoms with van der Waals surface area (Å²) >= 11 is 1.64. The average molecular weight is 385 g/mol. The Morgan fingerprint density at radius 3 is 3.00 bits per heavy atom. The van der Waals surface area contributed by atoms with Gasteiger partial charge in [-0.05, 0) is 24.6 Å². The number of amides is 2. The molecule has 0 bridgehead atoms. The fourth-order valence-corrected chi connectivity index (χ4v) is 4.73. The van der Waals surface area contributed by atoms with Crippen LogP contribution in [-0.4, -0.2) is 58.6 Å². The van der Waals surface area contributed by atoms with Gasteiger partial charge >= 0.3 is 6.09 Å². The summed E-state index contributed by atoms with van der Waals surface area (Å²) in [7, 11) is 0. The van der Waals surface area contributed by atoms with Gasteiger partial charge < -0.3 is 9.64 Å². The Bertz CT molecular complexity index is 823. The first-order valence-electron chi connectivity index (χ1n) is 9.39. The number of aromatic nitrogens is 1. The molecule has 0 saturated carbocycles. The first-order chi connectivity index (χ1) is 13.2. The zero-order valence-corrected chi connectivity index (χ0v) is 16.2. The van der Waals surface area contributed by atoms with Gasteiger partial charge in [0.1, 0.15) is 6.10 Å². The van der Waals surface area contributed by atoms with Crippen LogP contribution >= 0.6 is 11.3 Å². The van der Waals surface area contributed by atoms with E-state index in [0.717, 1.165) is 24.1 Å². The molecule has 4 rings (SSSR count). The minimum Gasteiger partial charge on any atom is -0.442 e. The molecule has 2 aromatic heterocycles. The number of pyridine rings is 1. The summed E-state index contributed by atoms with van der Waals surface area (Å²) < 4.78 is 5.52. The van der Waals surface area contributed by atoms with Crippen LogP contribution < -0.4 is 0 Å². The molecular formula is C20H23N3O3S. The third kappa shape index (κ3) is 3.69. The molecule has 2 aliphatic heterocycles. The lowest BCUT2D eigenvalue weighted by Crippen LogP contribution is -2.40. The predicted octanol–water partition coefficient (Wildman–Crippen LogP) is 2.98. The second-order valence-corrected chi connectivity index (χ2v) is 8.01. The van der Waals surface area contributed by atoms with Crippen LogP contribution in [0.25, 0.3) is 0 Å². The maximum atomic E-state index is 12.8. The second-order valence-electron chi connectivity index (χ2n) is 7.02. The van der Waals surface area contributed by atoms with Crippen LogP contribution in [0.2, 0.25) is 0 Å². The van der Waals surface area contributed by atoms with Crippen molar-refractivity contribution in [1.82, 2.24) is 14.8 Å². The van der Waals surface area contributed by atoms with Crippen molar-refractivity contribution < 1.29 is 14.3 Å². The zero-order valence-electron chi connectivity index (χ0n) is 15.3. The van der Waals surface area contributed by atoms with E-state index in [0.29, 0.717) is 26.1 Å². The first-order valence-corrected chi connectivity index (χ1v) is 10.3. The van der Waals surface area contributed by atoms with E-state index < -0.39 is 0 Å². The molecule has 4 heterocycles. The van der Waals surface area contributed by atoms with Gasteiger partial charge in [-0.25, -0.2) is 4.79 Å². The summed E-state index contributed by atoms with van der Waals surface area (Å²) in [6.07, 6.45) is 3.99. The maximum Gasteiger partial charge on any atom is 0.410 e. The topological polar surface area (TPSA) is 62.7 Å². The molecule has 142 valence electrons.